The zero-order valence-corrected chi connectivity index (χ0v) is 11.5. The van der Waals surface area contributed by atoms with Gasteiger partial charge in [-0.1, -0.05) is 18.2 Å². The number of hydrogen-bond donors (Lipinski definition) is 2. The van der Waals surface area contributed by atoms with E-state index in [1.807, 2.05) is 0 Å². The van der Waals surface area contributed by atoms with Crippen molar-refractivity contribution < 1.29 is 17.5 Å². The molecule has 3 N–H and O–H groups in total. The summed E-state index contributed by atoms with van der Waals surface area (Å²) >= 11 is 0. The number of nitrogen functional groups attached to an aromatic ring is 1. The van der Waals surface area contributed by atoms with E-state index in [9.17, 15) is 12.8 Å². The lowest BCUT2D eigenvalue weighted by atomic mass is 10.3. The molecule has 0 amide bonds. The molecular weight excluding hydrogens is 271 g/mol. The Morgan fingerprint density at radius 1 is 1.53 bits per heavy atom. The van der Waals surface area contributed by atoms with Gasteiger partial charge in [-0.3, -0.25) is 0 Å². The predicted molar refractivity (Wildman–Crippen MR) is 71.6 cm³/mol. The molecule has 0 aromatic heterocycles. The zero-order valence-electron chi connectivity index (χ0n) is 10.6. The summed E-state index contributed by atoms with van der Waals surface area (Å²) in [6, 6.07) is 3.64. The van der Waals surface area contributed by atoms with Gasteiger partial charge in [-0.15, -0.1) is 0 Å². The van der Waals surface area contributed by atoms with Crippen LogP contribution in [0, 0.1) is 5.82 Å². The number of para-hydroxylation sites is 1. The lowest BCUT2D eigenvalue weighted by molar-refractivity contribution is 0.162. The Morgan fingerprint density at radius 3 is 2.84 bits per heavy atom. The lowest BCUT2D eigenvalue weighted by Gasteiger charge is -2.09. The van der Waals surface area contributed by atoms with Gasteiger partial charge in [0.15, 0.2) is 0 Å². The third kappa shape index (κ3) is 4.62. The molecule has 0 radical (unpaired) electrons. The highest BCUT2D eigenvalue weighted by atomic mass is 32.2. The largest absolute Gasteiger partial charge is 0.395 e. The first-order chi connectivity index (χ1) is 8.84. The van der Waals surface area contributed by atoms with Crippen molar-refractivity contribution in [3.05, 3.63) is 36.2 Å². The number of halogens is 1. The van der Waals surface area contributed by atoms with Crippen molar-refractivity contribution in [3.8, 4) is 0 Å². The number of benzene rings is 1. The SMILES string of the molecule is C=C(C)COCCNS(=O)(=O)c1cccc(F)c1N. The minimum Gasteiger partial charge on any atom is -0.395 e. The first-order valence-corrected chi connectivity index (χ1v) is 7.08. The number of nitrogens with one attached hydrogen (secondary N) is 1. The van der Waals surface area contributed by atoms with E-state index in [1.165, 1.54) is 12.1 Å². The fraction of sp³-hybridized carbons (Fsp3) is 0.333. The van der Waals surface area contributed by atoms with E-state index in [0.717, 1.165) is 11.6 Å². The summed E-state index contributed by atoms with van der Waals surface area (Å²) in [4.78, 5) is -0.271. The maximum atomic E-state index is 13.2. The van der Waals surface area contributed by atoms with Crippen LogP contribution in [-0.2, 0) is 14.8 Å². The molecule has 7 heteroatoms. The molecule has 0 aliphatic heterocycles. The van der Waals surface area contributed by atoms with E-state index in [1.54, 1.807) is 6.92 Å². The van der Waals surface area contributed by atoms with Crippen LogP contribution in [0.4, 0.5) is 10.1 Å². The molecule has 0 aliphatic rings. The van der Waals surface area contributed by atoms with E-state index in [2.05, 4.69) is 11.3 Å². The Labute approximate surface area is 112 Å². The van der Waals surface area contributed by atoms with Crippen molar-refractivity contribution in [3.63, 3.8) is 0 Å². The van der Waals surface area contributed by atoms with Crippen molar-refractivity contribution in [2.24, 2.45) is 0 Å². The van der Waals surface area contributed by atoms with Crippen molar-refractivity contribution >= 4 is 15.7 Å². The molecule has 0 bridgehead atoms. The molecule has 0 aliphatic carbocycles. The summed E-state index contributed by atoms with van der Waals surface area (Å²) in [5, 5.41) is 0. The van der Waals surface area contributed by atoms with Gasteiger partial charge < -0.3 is 10.5 Å². The molecule has 0 spiro atoms. The van der Waals surface area contributed by atoms with Gasteiger partial charge in [-0.05, 0) is 19.1 Å². The highest BCUT2D eigenvalue weighted by Gasteiger charge is 2.18. The minimum absolute atomic E-state index is 0.0750. The molecule has 0 heterocycles. The molecular formula is C12H17FN2O3S. The standard InChI is InChI=1S/C12H17FN2O3S/c1-9(2)8-18-7-6-15-19(16,17)11-5-3-4-10(13)12(11)14/h3-5,15H,1,6-8,14H2,2H3. The highest BCUT2D eigenvalue weighted by molar-refractivity contribution is 7.89. The summed E-state index contributed by atoms with van der Waals surface area (Å²) in [6.07, 6.45) is 0. The van der Waals surface area contributed by atoms with Crippen LogP contribution >= 0.6 is 0 Å². The van der Waals surface area contributed by atoms with Crippen LogP contribution in [0.5, 0.6) is 0 Å². The Hall–Kier alpha value is -1.44. The quantitative estimate of drug-likeness (QED) is 0.450. The van der Waals surface area contributed by atoms with Gasteiger partial charge in [0, 0.05) is 6.54 Å². The summed E-state index contributed by atoms with van der Waals surface area (Å²) in [5.41, 5.74) is 5.86. The van der Waals surface area contributed by atoms with Gasteiger partial charge >= 0.3 is 0 Å². The van der Waals surface area contributed by atoms with E-state index in [4.69, 9.17) is 10.5 Å². The van der Waals surface area contributed by atoms with Crippen molar-refractivity contribution in [1.29, 1.82) is 0 Å². The van der Waals surface area contributed by atoms with E-state index in [-0.39, 0.29) is 18.0 Å². The maximum absolute atomic E-state index is 13.2. The van der Waals surface area contributed by atoms with Crippen LogP contribution < -0.4 is 10.5 Å². The number of anilines is 1. The molecule has 0 atom stereocenters. The molecule has 0 unspecified atom stereocenters. The van der Waals surface area contributed by atoms with Gasteiger partial charge in [-0.2, -0.15) is 0 Å². The zero-order chi connectivity index (χ0) is 14.5. The number of ether oxygens (including phenoxy) is 1. The first-order valence-electron chi connectivity index (χ1n) is 5.60. The molecule has 19 heavy (non-hydrogen) atoms. The second-order valence-corrected chi connectivity index (χ2v) is 5.79. The molecule has 0 saturated heterocycles. The smallest absolute Gasteiger partial charge is 0.242 e. The van der Waals surface area contributed by atoms with Gasteiger partial charge in [0.05, 0.1) is 18.9 Å². The number of nitrogens with two attached hydrogens (primary N) is 1. The minimum atomic E-state index is -3.83. The molecule has 5 nitrogen and oxygen atoms in total. The fourth-order valence-electron chi connectivity index (χ4n) is 1.32. The number of hydrogen-bond acceptors (Lipinski definition) is 4. The van der Waals surface area contributed by atoms with Crippen LogP contribution in [0.3, 0.4) is 0 Å². The molecule has 106 valence electrons. The maximum Gasteiger partial charge on any atom is 0.242 e. The van der Waals surface area contributed by atoms with Crippen molar-refractivity contribution in [1.82, 2.24) is 4.72 Å². The molecule has 0 saturated carbocycles. The summed E-state index contributed by atoms with van der Waals surface area (Å²) < 4.78 is 44.4. The third-order valence-corrected chi connectivity index (χ3v) is 3.71. The number of rotatable bonds is 7. The topological polar surface area (TPSA) is 81.4 Å². The first kappa shape index (κ1) is 15.6. The summed E-state index contributed by atoms with van der Waals surface area (Å²) in [7, 11) is -3.83. The van der Waals surface area contributed by atoms with Crippen molar-refractivity contribution in [2.45, 2.75) is 11.8 Å². The Morgan fingerprint density at radius 2 is 2.21 bits per heavy atom. The van der Waals surface area contributed by atoms with Crippen LogP contribution in [0.1, 0.15) is 6.92 Å². The average Bonchev–Trinajstić information content (AvgIpc) is 2.31. The van der Waals surface area contributed by atoms with E-state index < -0.39 is 21.5 Å². The van der Waals surface area contributed by atoms with Crippen LogP contribution in [0.15, 0.2) is 35.2 Å². The van der Waals surface area contributed by atoms with Crippen LogP contribution in [-0.4, -0.2) is 28.2 Å². The molecule has 0 fully saturated rings. The Balaban J connectivity index is 2.61. The second kappa shape index (κ2) is 6.65. The van der Waals surface area contributed by atoms with E-state index in [0.29, 0.717) is 6.61 Å². The summed E-state index contributed by atoms with van der Waals surface area (Å²) in [6.45, 7) is 6.09. The fourth-order valence-corrected chi connectivity index (χ4v) is 2.48. The van der Waals surface area contributed by atoms with Gasteiger partial charge in [0.2, 0.25) is 10.0 Å². The predicted octanol–water partition coefficient (Wildman–Crippen LogP) is 1.28. The summed E-state index contributed by atoms with van der Waals surface area (Å²) in [5.74, 6) is -0.763. The van der Waals surface area contributed by atoms with E-state index >= 15 is 0 Å². The average molecular weight is 288 g/mol. The van der Waals surface area contributed by atoms with Crippen LogP contribution in [0.2, 0.25) is 0 Å². The van der Waals surface area contributed by atoms with Gasteiger partial charge in [-0.25, -0.2) is 17.5 Å². The molecule has 1 aromatic carbocycles. The van der Waals surface area contributed by atoms with Gasteiger partial charge in [0.1, 0.15) is 10.7 Å². The lowest BCUT2D eigenvalue weighted by Crippen LogP contribution is -2.28. The van der Waals surface area contributed by atoms with Crippen LogP contribution in [0.25, 0.3) is 0 Å². The number of sulfonamides is 1. The second-order valence-electron chi connectivity index (χ2n) is 4.06. The molecule has 1 rings (SSSR count). The normalized spacial score (nSPS) is 11.5. The molecule has 1 aromatic rings. The monoisotopic (exact) mass is 288 g/mol. The Bertz CT molecular complexity index is 558. The Kier molecular flexibility index (Phi) is 5.46. The third-order valence-electron chi connectivity index (χ3n) is 2.19. The van der Waals surface area contributed by atoms with Crippen molar-refractivity contribution in [2.75, 3.05) is 25.5 Å². The van der Waals surface area contributed by atoms with Gasteiger partial charge in [0.25, 0.3) is 0 Å². The highest BCUT2D eigenvalue weighted by Crippen LogP contribution is 2.20.